The molecule has 16 heavy (non-hydrogen) atoms. The van der Waals surface area contributed by atoms with Crippen LogP contribution >= 0.6 is 22.9 Å². The Morgan fingerprint density at radius 2 is 1.94 bits per heavy atom. The van der Waals surface area contributed by atoms with Crippen LogP contribution in [0.4, 0.5) is 0 Å². The Morgan fingerprint density at radius 3 is 2.56 bits per heavy atom. The van der Waals surface area contributed by atoms with Gasteiger partial charge in [-0.2, -0.15) is 0 Å². The summed E-state index contributed by atoms with van der Waals surface area (Å²) in [6.45, 7) is 3.88. The molecule has 0 fully saturated rings. The van der Waals surface area contributed by atoms with E-state index in [0.29, 0.717) is 10.6 Å². The lowest BCUT2D eigenvalue weighted by atomic mass is 10.00. The van der Waals surface area contributed by atoms with Crippen molar-refractivity contribution in [2.45, 2.75) is 13.8 Å². The maximum Gasteiger partial charge on any atom is 0.194 e. The van der Waals surface area contributed by atoms with Gasteiger partial charge in [0.1, 0.15) is 0 Å². The SMILES string of the molecule is Cc1ccc(Cl)cc1C(=O)c1ccsc1C. The molecule has 82 valence electrons. The summed E-state index contributed by atoms with van der Waals surface area (Å²) in [5.41, 5.74) is 2.42. The van der Waals surface area contributed by atoms with Crippen LogP contribution in [0.25, 0.3) is 0 Å². The predicted octanol–water partition coefficient (Wildman–Crippen LogP) is 4.25. The monoisotopic (exact) mass is 250 g/mol. The van der Waals surface area contributed by atoms with Crippen molar-refractivity contribution in [3.63, 3.8) is 0 Å². The summed E-state index contributed by atoms with van der Waals surface area (Å²) in [6.07, 6.45) is 0. The van der Waals surface area contributed by atoms with Gasteiger partial charge in [-0.1, -0.05) is 17.7 Å². The molecule has 0 N–H and O–H groups in total. The fraction of sp³-hybridized carbons (Fsp3) is 0.154. The highest BCUT2D eigenvalue weighted by atomic mass is 35.5. The van der Waals surface area contributed by atoms with Gasteiger partial charge in [0, 0.05) is 21.0 Å². The van der Waals surface area contributed by atoms with Gasteiger partial charge < -0.3 is 0 Å². The minimum absolute atomic E-state index is 0.0544. The topological polar surface area (TPSA) is 17.1 Å². The second kappa shape index (κ2) is 4.40. The summed E-state index contributed by atoms with van der Waals surface area (Å²) >= 11 is 7.50. The van der Waals surface area contributed by atoms with Gasteiger partial charge >= 0.3 is 0 Å². The van der Waals surface area contributed by atoms with Crippen molar-refractivity contribution in [1.82, 2.24) is 0 Å². The zero-order valence-electron chi connectivity index (χ0n) is 9.08. The van der Waals surface area contributed by atoms with Crippen LogP contribution in [-0.2, 0) is 0 Å². The number of ketones is 1. The highest BCUT2D eigenvalue weighted by Gasteiger charge is 2.14. The lowest BCUT2D eigenvalue weighted by Crippen LogP contribution is -2.03. The first-order chi connectivity index (χ1) is 7.59. The molecule has 0 saturated heterocycles. The first-order valence-electron chi connectivity index (χ1n) is 4.94. The van der Waals surface area contributed by atoms with Gasteiger partial charge in [0.15, 0.2) is 5.78 Å². The number of aryl methyl sites for hydroxylation is 2. The van der Waals surface area contributed by atoms with Gasteiger partial charge in [0.2, 0.25) is 0 Å². The third-order valence-corrected chi connectivity index (χ3v) is 3.63. The van der Waals surface area contributed by atoms with Crippen molar-refractivity contribution in [2.75, 3.05) is 0 Å². The van der Waals surface area contributed by atoms with Crippen molar-refractivity contribution in [1.29, 1.82) is 0 Å². The molecule has 0 amide bonds. The van der Waals surface area contributed by atoms with Crippen LogP contribution in [-0.4, -0.2) is 5.78 Å². The molecular formula is C13H11ClOS. The van der Waals surface area contributed by atoms with Gasteiger partial charge in [-0.15, -0.1) is 11.3 Å². The molecule has 0 radical (unpaired) electrons. The summed E-state index contributed by atoms with van der Waals surface area (Å²) in [5.74, 6) is 0.0544. The molecule has 3 heteroatoms. The van der Waals surface area contributed by atoms with E-state index >= 15 is 0 Å². The molecule has 0 atom stereocenters. The summed E-state index contributed by atoms with van der Waals surface area (Å²) in [5, 5.41) is 2.53. The molecule has 1 heterocycles. The van der Waals surface area contributed by atoms with E-state index in [9.17, 15) is 4.79 Å². The average Bonchev–Trinajstić information content (AvgIpc) is 2.67. The van der Waals surface area contributed by atoms with Crippen molar-refractivity contribution >= 4 is 28.7 Å². The second-order valence-corrected chi connectivity index (χ2v) is 5.24. The van der Waals surface area contributed by atoms with Gasteiger partial charge in [0.25, 0.3) is 0 Å². The van der Waals surface area contributed by atoms with Crippen LogP contribution in [0.1, 0.15) is 26.4 Å². The number of thiophene rings is 1. The number of hydrogen-bond acceptors (Lipinski definition) is 2. The first kappa shape index (κ1) is 11.4. The zero-order chi connectivity index (χ0) is 11.7. The Labute approximate surface area is 104 Å². The normalized spacial score (nSPS) is 10.4. The van der Waals surface area contributed by atoms with Crippen LogP contribution in [0.5, 0.6) is 0 Å². The average molecular weight is 251 g/mol. The van der Waals surface area contributed by atoms with Gasteiger partial charge in [-0.25, -0.2) is 0 Å². The Hall–Kier alpha value is -1.12. The third kappa shape index (κ3) is 2.04. The van der Waals surface area contributed by atoms with Gasteiger partial charge in [-0.3, -0.25) is 4.79 Å². The van der Waals surface area contributed by atoms with Crippen molar-refractivity contribution in [3.8, 4) is 0 Å². The van der Waals surface area contributed by atoms with Gasteiger partial charge in [0.05, 0.1) is 0 Å². The molecule has 0 saturated carbocycles. The largest absolute Gasteiger partial charge is 0.289 e. The number of hydrogen-bond donors (Lipinski definition) is 0. The summed E-state index contributed by atoms with van der Waals surface area (Å²) in [4.78, 5) is 13.3. The number of halogens is 1. The first-order valence-corrected chi connectivity index (χ1v) is 6.20. The molecule has 1 nitrogen and oxygen atoms in total. The third-order valence-electron chi connectivity index (χ3n) is 2.55. The molecule has 1 aromatic heterocycles. The fourth-order valence-electron chi connectivity index (χ4n) is 1.60. The maximum atomic E-state index is 12.2. The second-order valence-electron chi connectivity index (χ2n) is 3.68. The van der Waals surface area contributed by atoms with Crippen LogP contribution in [0.15, 0.2) is 29.6 Å². The molecule has 2 rings (SSSR count). The van der Waals surface area contributed by atoms with E-state index in [2.05, 4.69) is 0 Å². The minimum Gasteiger partial charge on any atom is -0.289 e. The van der Waals surface area contributed by atoms with E-state index in [1.165, 1.54) is 0 Å². The Kier molecular flexibility index (Phi) is 3.13. The van der Waals surface area contributed by atoms with Crippen molar-refractivity contribution in [3.05, 3.63) is 56.2 Å². The minimum atomic E-state index is 0.0544. The van der Waals surface area contributed by atoms with Crippen LogP contribution in [0.2, 0.25) is 5.02 Å². The quantitative estimate of drug-likeness (QED) is 0.729. The van der Waals surface area contributed by atoms with Crippen LogP contribution in [0.3, 0.4) is 0 Å². The lowest BCUT2D eigenvalue weighted by Gasteiger charge is -2.05. The molecule has 0 unspecified atom stereocenters. The van der Waals surface area contributed by atoms with E-state index in [-0.39, 0.29) is 5.78 Å². The van der Waals surface area contributed by atoms with Crippen molar-refractivity contribution < 1.29 is 4.79 Å². The maximum absolute atomic E-state index is 12.2. The molecule has 1 aromatic carbocycles. The van der Waals surface area contributed by atoms with Crippen LogP contribution in [0, 0.1) is 13.8 Å². The molecular weight excluding hydrogens is 240 g/mol. The van der Waals surface area contributed by atoms with Crippen LogP contribution < -0.4 is 0 Å². The predicted molar refractivity (Wildman–Crippen MR) is 68.7 cm³/mol. The van der Waals surface area contributed by atoms with E-state index < -0.39 is 0 Å². The van der Waals surface area contributed by atoms with E-state index in [0.717, 1.165) is 16.0 Å². The Morgan fingerprint density at radius 1 is 1.19 bits per heavy atom. The van der Waals surface area contributed by atoms with E-state index in [1.807, 2.05) is 31.4 Å². The summed E-state index contributed by atoms with van der Waals surface area (Å²) in [7, 11) is 0. The lowest BCUT2D eigenvalue weighted by molar-refractivity contribution is 0.103. The molecule has 0 spiro atoms. The number of carbonyl (C=O) groups is 1. The van der Waals surface area contributed by atoms with E-state index in [4.69, 9.17) is 11.6 Å². The molecule has 0 aliphatic carbocycles. The smallest absolute Gasteiger partial charge is 0.194 e. The molecule has 0 aliphatic heterocycles. The summed E-state index contributed by atoms with van der Waals surface area (Å²) in [6, 6.07) is 7.27. The highest BCUT2D eigenvalue weighted by Crippen LogP contribution is 2.23. The number of rotatable bonds is 2. The standard InChI is InChI=1S/C13H11ClOS/c1-8-3-4-10(14)7-12(8)13(15)11-5-6-16-9(11)2/h3-7H,1-2H3. The highest BCUT2D eigenvalue weighted by molar-refractivity contribution is 7.10. The van der Waals surface area contributed by atoms with E-state index in [1.54, 1.807) is 23.5 Å². The number of benzene rings is 1. The zero-order valence-corrected chi connectivity index (χ0v) is 10.7. The Balaban J connectivity index is 2.49. The molecule has 2 aromatic rings. The summed E-state index contributed by atoms with van der Waals surface area (Å²) < 4.78 is 0. The number of carbonyl (C=O) groups excluding carboxylic acids is 1. The Bertz CT molecular complexity index is 543. The molecule has 0 aliphatic rings. The fourth-order valence-corrected chi connectivity index (χ4v) is 2.47. The molecule has 0 bridgehead atoms. The van der Waals surface area contributed by atoms with Crippen molar-refractivity contribution in [2.24, 2.45) is 0 Å². The van der Waals surface area contributed by atoms with Gasteiger partial charge in [-0.05, 0) is 43.0 Å².